The number of ether oxygens (including phenoxy) is 1. The van der Waals surface area contributed by atoms with Crippen LogP contribution < -0.4 is 10.6 Å². The number of fused-ring (bicyclic) bond motifs is 4. The molecule has 2 aliphatic rings. The molecule has 0 unspecified atom stereocenters. The number of cyclic esters (lactones) is 1. The first kappa shape index (κ1) is 37.6. The largest absolute Gasteiger partial charge is 0.456 e. The molecule has 0 spiro atoms. The minimum Gasteiger partial charge on any atom is -0.456 e. The Morgan fingerprint density at radius 2 is 1.58 bits per heavy atom. The number of aliphatic imine (C=N–C) groups is 1. The van der Waals surface area contributed by atoms with Gasteiger partial charge in [0, 0.05) is 11.1 Å². The molecule has 0 aliphatic carbocycles. The van der Waals surface area contributed by atoms with Gasteiger partial charge in [0.25, 0.3) is 0 Å². The zero-order valence-corrected chi connectivity index (χ0v) is 32.1. The van der Waals surface area contributed by atoms with Crippen molar-refractivity contribution in [1.82, 2.24) is 15.6 Å². The van der Waals surface area contributed by atoms with Crippen molar-refractivity contribution < 1.29 is 19.1 Å². The molecule has 11 heteroatoms. The van der Waals surface area contributed by atoms with Crippen molar-refractivity contribution in [2.45, 2.75) is 69.0 Å². The molecule has 2 amide bonds. The third-order valence-corrected chi connectivity index (χ3v) is 12.9. The number of carbonyl (C=O) groups excluding carboxylic acids is 3. The summed E-state index contributed by atoms with van der Waals surface area (Å²) in [5.41, 5.74) is 3.29. The fourth-order valence-electron chi connectivity index (χ4n) is 6.27. The summed E-state index contributed by atoms with van der Waals surface area (Å²) in [4.78, 5) is 49.6. The standard InChI is InChI=1S/C41H44N4O4S3/c1-28(2)36-38(47)49-32(24-34(46)42-25-35-43-33(26-50-35)37-45-40(3,27-51-37)39(48)44-36)22-14-7-15-23-52-41(29-16-8-4-9-17-29,30-18-10-5-11-19-30)31-20-12-6-13-21-31/h4-6,8-14,16-22,26,28,32,36H,7,15,23-25,27H2,1-3H3,(H,42,46)(H,44,48)/b22-14+/t32-,36+,40+/m1/s1. The second kappa shape index (κ2) is 17.1. The zero-order chi connectivity index (χ0) is 36.6. The summed E-state index contributed by atoms with van der Waals surface area (Å²) in [5, 5.41) is 9.15. The first-order valence-electron chi connectivity index (χ1n) is 17.6. The van der Waals surface area contributed by atoms with Crippen molar-refractivity contribution in [3.05, 3.63) is 136 Å². The lowest BCUT2D eigenvalue weighted by Crippen LogP contribution is -2.53. The first-order chi connectivity index (χ1) is 25.2. The normalized spacial score (nSPS) is 21.5. The van der Waals surface area contributed by atoms with Gasteiger partial charge in [-0.2, -0.15) is 0 Å². The number of carbonyl (C=O) groups is 3. The van der Waals surface area contributed by atoms with Crippen LogP contribution in [0, 0.1) is 5.92 Å². The van der Waals surface area contributed by atoms with Gasteiger partial charge in [-0.15, -0.1) is 34.9 Å². The van der Waals surface area contributed by atoms with E-state index in [0.717, 1.165) is 23.6 Å². The number of benzene rings is 3. The lowest BCUT2D eigenvalue weighted by Gasteiger charge is -2.35. The van der Waals surface area contributed by atoms with Gasteiger partial charge in [-0.05, 0) is 54.2 Å². The number of nitrogens with one attached hydrogen (secondary N) is 2. The van der Waals surface area contributed by atoms with E-state index in [2.05, 4.69) is 88.4 Å². The Balaban J connectivity index is 1.18. The molecule has 2 aliphatic heterocycles. The number of unbranched alkanes of at least 4 members (excludes halogenated alkanes) is 1. The Hall–Kier alpha value is -4.19. The van der Waals surface area contributed by atoms with Gasteiger partial charge in [0.05, 0.1) is 17.7 Å². The molecule has 52 heavy (non-hydrogen) atoms. The van der Waals surface area contributed by atoms with Crippen molar-refractivity contribution in [1.29, 1.82) is 0 Å². The van der Waals surface area contributed by atoms with E-state index in [9.17, 15) is 14.4 Å². The smallest absolute Gasteiger partial charge is 0.329 e. The average molecular weight is 753 g/mol. The van der Waals surface area contributed by atoms with Crippen LogP contribution in [0.1, 0.15) is 67.4 Å². The number of rotatable bonds is 10. The van der Waals surface area contributed by atoms with Gasteiger partial charge in [0.15, 0.2) is 0 Å². The second-order valence-electron chi connectivity index (χ2n) is 13.5. The number of thiazole rings is 1. The molecular formula is C41H44N4O4S3. The topological polar surface area (TPSA) is 110 Å². The molecule has 4 bridgehead atoms. The van der Waals surface area contributed by atoms with Gasteiger partial charge in [0.1, 0.15) is 33.4 Å². The van der Waals surface area contributed by atoms with Crippen molar-refractivity contribution in [2.24, 2.45) is 10.9 Å². The number of hydrogen-bond donors (Lipinski definition) is 2. The molecule has 6 rings (SSSR count). The lowest BCUT2D eigenvalue weighted by atomic mass is 9.84. The third kappa shape index (κ3) is 8.70. The molecule has 3 aromatic carbocycles. The van der Waals surface area contributed by atoms with Crippen molar-refractivity contribution >= 4 is 57.7 Å². The SMILES string of the molecule is CC(C)[C@@H]1NC(=O)[C@]2(C)CSC(=N2)c2csc(n2)CNC(=O)C[C@@H](/C=C/CCCSC(c2ccccc2)(c2ccccc2)c2ccccc2)OC1=O. The van der Waals surface area contributed by atoms with Gasteiger partial charge in [-0.25, -0.2) is 9.78 Å². The van der Waals surface area contributed by atoms with E-state index >= 15 is 0 Å². The van der Waals surface area contributed by atoms with Gasteiger partial charge < -0.3 is 15.4 Å². The number of allylic oxidation sites excluding steroid dienone is 1. The molecule has 3 heterocycles. The maximum absolute atomic E-state index is 13.6. The molecule has 4 aromatic rings. The van der Waals surface area contributed by atoms with Crippen LogP contribution in [0.4, 0.5) is 0 Å². The van der Waals surface area contributed by atoms with E-state index in [-0.39, 0.29) is 30.7 Å². The highest BCUT2D eigenvalue weighted by Crippen LogP contribution is 2.48. The number of amides is 2. The van der Waals surface area contributed by atoms with Crippen LogP contribution in [0.15, 0.2) is 114 Å². The van der Waals surface area contributed by atoms with Crippen molar-refractivity contribution in [3.8, 4) is 0 Å². The number of esters is 1. The van der Waals surface area contributed by atoms with Crippen LogP contribution in [0.5, 0.6) is 0 Å². The summed E-state index contributed by atoms with van der Waals surface area (Å²) < 4.78 is 5.56. The Morgan fingerprint density at radius 1 is 0.962 bits per heavy atom. The second-order valence-corrected chi connectivity index (χ2v) is 16.7. The Kier molecular flexibility index (Phi) is 12.3. The monoisotopic (exact) mass is 752 g/mol. The highest BCUT2D eigenvalue weighted by atomic mass is 32.2. The molecule has 2 N–H and O–H groups in total. The predicted molar refractivity (Wildman–Crippen MR) is 213 cm³/mol. The van der Waals surface area contributed by atoms with Gasteiger partial charge in [0.2, 0.25) is 11.8 Å². The Morgan fingerprint density at radius 3 is 2.17 bits per heavy atom. The maximum Gasteiger partial charge on any atom is 0.329 e. The molecule has 270 valence electrons. The Bertz CT molecular complexity index is 1800. The van der Waals surface area contributed by atoms with Crippen LogP contribution in [0.3, 0.4) is 0 Å². The quantitative estimate of drug-likeness (QED) is 0.0747. The van der Waals surface area contributed by atoms with E-state index in [1.54, 1.807) is 13.0 Å². The average Bonchev–Trinajstić information content (AvgIpc) is 3.81. The summed E-state index contributed by atoms with van der Waals surface area (Å²) >= 11 is 4.79. The van der Waals surface area contributed by atoms with E-state index in [4.69, 9.17) is 9.73 Å². The molecule has 0 radical (unpaired) electrons. The molecule has 0 saturated carbocycles. The molecule has 0 fully saturated rings. The molecule has 8 nitrogen and oxygen atoms in total. The zero-order valence-electron chi connectivity index (χ0n) is 29.6. The summed E-state index contributed by atoms with van der Waals surface area (Å²) in [6, 6.07) is 31.0. The van der Waals surface area contributed by atoms with Gasteiger partial charge >= 0.3 is 5.97 Å². The number of hydrogen-bond acceptors (Lipinski definition) is 9. The highest BCUT2D eigenvalue weighted by Gasteiger charge is 2.42. The van der Waals surface area contributed by atoms with E-state index < -0.39 is 28.4 Å². The fraction of sp³-hybridized carbons (Fsp3) is 0.341. The summed E-state index contributed by atoms with van der Waals surface area (Å²) in [7, 11) is 0. The van der Waals surface area contributed by atoms with Crippen molar-refractivity contribution in [3.63, 3.8) is 0 Å². The maximum atomic E-state index is 13.6. The molecule has 1 aromatic heterocycles. The van der Waals surface area contributed by atoms with Gasteiger partial charge in [-0.3, -0.25) is 14.6 Å². The highest BCUT2D eigenvalue weighted by molar-refractivity contribution is 8.14. The number of nitrogens with zero attached hydrogens (tertiary/aromatic N) is 2. The Labute approximate surface area is 318 Å². The van der Waals surface area contributed by atoms with Crippen molar-refractivity contribution in [2.75, 3.05) is 11.5 Å². The molecule has 3 atom stereocenters. The van der Waals surface area contributed by atoms with Crippen LogP contribution in [0.25, 0.3) is 0 Å². The number of thioether (sulfide) groups is 2. The first-order valence-corrected chi connectivity index (χ1v) is 20.5. The van der Waals surface area contributed by atoms with Crippen LogP contribution >= 0.6 is 34.9 Å². The summed E-state index contributed by atoms with van der Waals surface area (Å²) in [5.74, 6) is -0.129. The molecule has 0 saturated heterocycles. The third-order valence-electron chi connectivity index (χ3n) is 9.12. The van der Waals surface area contributed by atoms with Gasteiger partial charge in [-0.1, -0.05) is 111 Å². The minimum absolute atomic E-state index is 0.0482. The van der Waals surface area contributed by atoms with E-state index in [1.807, 2.05) is 55.3 Å². The molecular weight excluding hydrogens is 709 g/mol. The summed E-state index contributed by atoms with van der Waals surface area (Å²) in [6.07, 6.45) is 4.52. The minimum atomic E-state index is -1.04. The van der Waals surface area contributed by atoms with Crippen LogP contribution in [0.2, 0.25) is 0 Å². The lowest BCUT2D eigenvalue weighted by molar-refractivity contribution is -0.153. The van der Waals surface area contributed by atoms with Crippen LogP contribution in [-0.2, 0) is 30.4 Å². The van der Waals surface area contributed by atoms with E-state index in [1.165, 1.54) is 39.8 Å². The predicted octanol–water partition coefficient (Wildman–Crippen LogP) is 7.53. The fourth-order valence-corrected chi connectivity index (χ4v) is 9.72. The van der Waals surface area contributed by atoms with E-state index in [0.29, 0.717) is 16.5 Å². The number of aromatic nitrogens is 1. The summed E-state index contributed by atoms with van der Waals surface area (Å²) in [6.45, 7) is 5.74. The van der Waals surface area contributed by atoms with Crippen LogP contribution in [-0.4, -0.2) is 57.0 Å².